The lowest BCUT2D eigenvalue weighted by molar-refractivity contribution is -0.129. The van der Waals surface area contributed by atoms with E-state index in [0.29, 0.717) is 13.2 Å². The van der Waals surface area contributed by atoms with Crippen LogP contribution in [0.25, 0.3) is 12.2 Å². The first kappa shape index (κ1) is 55.3. The zero-order valence-electron chi connectivity index (χ0n) is 41.4. The lowest BCUT2D eigenvalue weighted by Crippen LogP contribution is -2.11. The Bertz CT molecular complexity index is 2420. The topological polar surface area (TPSA) is 124 Å². The first-order chi connectivity index (χ1) is 34.7. The lowest BCUT2D eigenvalue weighted by Gasteiger charge is -2.10. The Morgan fingerprint density at radius 1 is 0.394 bits per heavy atom. The summed E-state index contributed by atoms with van der Waals surface area (Å²) in [5, 5.41) is 0.109. The number of benzene rings is 5. The summed E-state index contributed by atoms with van der Waals surface area (Å²) in [4.78, 5) is 51.1. The van der Waals surface area contributed by atoms with Gasteiger partial charge < -0.3 is 28.4 Å². The molecule has 0 bridgehead atoms. The van der Waals surface area contributed by atoms with Gasteiger partial charge in [-0.05, 0) is 121 Å². The van der Waals surface area contributed by atoms with Crippen molar-refractivity contribution >= 4 is 47.6 Å². The van der Waals surface area contributed by atoms with Crippen LogP contribution >= 0.6 is 11.6 Å². The summed E-state index contributed by atoms with van der Waals surface area (Å²) in [5.74, 6) is -0.535. The fourth-order valence-corrected chi connectivity index (χ4v) is 7.61. The number of rotatable bonds is 32. The molecule has 71 heavy (non-hydrogen) atoms. The number of carbonyl (C=O) groups is 4. The van der Waals surface area contributed by atoms with Crippen molar-refractivity contribution in [1.82, 2.24) is 0 Å². The van der Waals surface area contributed by atoms with Crippen LogP contribution in [0.5, 0.6) is 34.5 Å². The molecule has 10 nitrogen and oxygen atoms in total. The summed E-state index contributed by atoms with van der Waals surface area (Å²) in [6, 6.07) is 31.0. The Morgan fingerprint density at radius 2 is 0.746 bits per heavy atom. The lowest BCUT2D eigenvalue weighted by atomic mass is 10.1. The molecule has 0 N–H and O–H groups in total. The van der Waals surface area contributed by atoms with E-state index in [2.05, 4.69) is 13.8 Å². The highest BCUT2D eigenvalue weighted by atomic mass is 35.5. The Morgan fingerprint density at radius 3 is 1.15 bits per heavy atom. The van der Waals surface area contributed by atoms with E-state index >= 15 is 0 Å². The Balaban J connectivity index is 0.987. The summed E-state index contributed by atoms with van der Waals surface area (Å²) in [5.41, 5.74) is 1.98. The normalized spacial score (nSPS) is 11.1. The van der Waals surface area contributed by atoms with Gasteiger partial charge in [0, 0.05) is 18.2 Å². The molecule has 5 aromatic rings. The molecule has 0 spiro atoms. The van der Waals surface area contributed by atoms with Crippen molar-refractivity contribution in [3.63, 3.8) is 0 Å². The van der Waals surface area contributed by atoms with Gasteiger partial charge in [-0.1, -0.05) is 152 Å². The van der Waals surface area contributed by atoms with Gasteiger partial charge in [-0.15, -0.1) is 0 Å². The standard InChI is InChI=1S/C60H69ClO10/c1-3-5-7-9-11-13-15-17-19-43-66-50-31-21-46(22-32-50)25-41-57(62)68-52-35-27-48(28-36-52)59(64)70-54-39-40-55(61)56(45-54)71-60(65)49-29-37-53(38-30-49)69-58(63)42-26-47-23-33-51(34-24-47)67-44-20-18-16-14-12-10-8-6-4-2/h21-42,45H,3-20,43-44H2,1-2H3/b41-25+,42-26+. The third-order valence-corrected chi connectivity index (χ3v) is 11.9. The van der Waals surface area contributed by atoms with Gasteiger partial charge in [0.1, 0.15) is 28.7 Å². The predicted octanol–water partition coefficient (Wildman–Crippen LogP) is 15.8. The minimum Gasteiger partial charge on any atom is -0.494 e. The zero-order valence-corrected chi connectivity index (χ0v) is 42.1. The Labute approximate surface area is 425 Å². The fourth-order valence-electron chi connectivity index (χ4n) is 7.45. The maximum absolute atomic E-state index is 13.0. The predicted molar refractivity (Wildman–Crippen MR) is 282 cm³/mol. The zero-order chi connectivity index (χ0) is 50.3. The quantitative estimate of drug-likeness (QED) is 0.0178. The highest BCUT2D eigenvalue weighted by molar-refractivity contribution is 6.32. The fraction of sp³-hybridized carbons (Fsp3) is 0.367. The van der Waals surface area contributed by atoms with Crippen molar-refractivity contribution in [1.29, 1.82) is 0 Å². The summed E-state index contributed by atoms with van der Waals surface area (Å²) < 4.78 is 33.6. The smallest absolute Gasteiger partial charge is 0.343 e. The maximum atomic E-state index is 13.0. The minimum absolute atomic E-state index is 0.0371. The van der Waals surface area contributed by atoms with Gasteiger partial charge >= 0.3 is 23.9 Å². The van der Waals surface area contributed by atoms with Gasteiger partial charge in [-0.3, -0.25) is 0 Å². The molecule has 11 heteroatoms. The molecule has 0 aliphatic heterocycles. The number of hydrogen-bond donors (Lipinski definition) is 0. The third kappa shape index (κ3) is 21.9. The molecule has 0 aromatic heterocycles. The van der Waals surface area contributed by atoms with Crippen LogP contribution in [-0.4, -0.2) is 37.1 Å². The van der Waals surface area contributed by atoms with E-state index < -0.39 is 23.9 Å². The minimum atomic E-state index is -0.740. The van der Waals surface area contributed by atoms with Crippen molar-refractivity contribution in [2.75, 3.05) is 13.2 Å². The second-order valence-corrected chi connectivity index (χ2v) is 17.8. The van der Waals surface area contributed by atoms with E-state index in [4.69, 9.17) is 40.0 Å². The maximum Gasteiger partial charge on any atom is 0.343 e. The molecule has 0 aliphatic rings. The highest BCUT2D eigenvalue weighted by Gasteiger charge is 2.16. The number of carbonyl (C=O) groups excluding carboxylic acids is 4. The second-order valence-electron chi connectivity index (χ2n) is 17.4. The first-order valence-corrected chi connectivity index (χ1v) is 25.8. The molecule has 0 saturated carbocycles. The van der Waals surface area contributed by atoms with Crippen LogP contribution < -0.4 is 28.4 Å². The van der Waals surface area contributed by atoms with Gasteiger partial charge in [0.2, 0.25) is 0 Å². The van der Waals surface area contributed by atoms with E-state index in [0.717, 1.165) is 35.5 Å². The molecule has 5 aromatic carbocycles. The van der Waals surface area contributed by atoms with Crippen molar-refractivity contribution in [3.8, 4) is 34.5 Å². The first-order valence-electron chi connectivity index (χ1n) is 25.4. The summed E-state index contributed by atoms with van der Waals surface area (Å²) in [6.45, 7) is 5.84. The van der Waals surface area contributed by atoms with Crippen LogP contribution in [0.15, 0.2) is 127 Å². The number of halogens is 1. The number of ether oxygens (including phenoxy) is 6. The molecule has 0 atom stereocenters. The molecule has 0 radical (unpaired) electrons. The van der Waals surface area contributed by atoms with Crippen molar-refractivity contribution in [3.05, 3.63) is 155 Å². The van der Waals surface area contributed by atoms with Crippen molar-refractivity contribution in [2.24, 2.45) is 0 Å². The van der Waals surface area contributed by atoms with E-state index in [1.165, 1.54) is 182 Å². The molecule has 0 heterocycles. The van der Waals surface area contributed by atoms with Gasteiger partial charge in [0.15, 0.2) is 5.75 Å². The molecular formula is C60H69ClO10. The van der Waals surface area contributed by atoms with Crippen molar-refractivity contribution in [2.45, 2.75) is 129 Å². The summed E-state index contributed by atoms with van der Waals surface area (Å²) >= 11 is 6.33. The second kappa shape index (κ2) is 32.3. The van der Waals surface area contributed by atoms with E-state index in [-0.39, 0.29) is 39.1 Å². The van der Waals surface area contributed by atoms with Crippen molar-refractivity contribution < 1.29 is 47.6 Å². The van der Waals surface area contributed by atoms with E-state index in [1.807, 2.05) is 48.5 Å². The summed E-state index contributed by atoms with van der Waals surface area (Å²) in [6.07, 6.45) is 28.7. The Hall–Kier alpha value is -6.65. The average molecular weight is 986 g/mol. The van der Waals surface area contributed by atoms with Crippen LogP contribution in [0, 0.1) is 0 Å². The number of hydrogen-bond acceptors (Lipinski definition) is 10. The molecule has 0 unspecified atom stereocenters. The number of esters is 4. The molecule has 0 amide bonds. The third-order valence-electron chi connectivity index (χ3n) is 11.5. The molecule has 0 aliphatic carbocycles. The molecule has 376 valence electrons. The van der Waals surface area contributed by atoms with Crippen LogP contribution in [0.3, 0.4) is 0 Å². The van der Waals surface area contributed by atoms with E-state index in [9.17, 15) is 19.2 Å². The van der Waals surface area contributed by atoms with Crippen LogP contribution in [0.2, 0.25) is 5.02 Å². The van der Waals surface area contributed by atoms with Gasteiger partial charge in [0.05, 0.1) is 29.4 Å². The highest BCUT2D eigenvalue weighted by Crippen LogP contribution is 2.31. The largest absolute Gasteiger partial charge is 0.494 e. The van der Waals surface area contributed by atoms with Crippen LogP contribution in [0.1, 0.15) is 161 Å². The summed E-state index contributed by atoms with van der Waals surface area (Å²) in [7, 11) is 0. The molecular weight excluding hydrogens is 916 g/mol. The average Bonchev–Trinajstić information content (AvgIpc) is 3.38. The van der Waals surface area contributed by atoms with E-state index in [1.54, 1.807) is 12.2 Å². The van der Waals surface area contributed by atoms with Gasteiger partial charge in [-0.2, -0.15) is 0 Å². The van der Waals surface area contributed by atoms with Gasteiger partial charge in [-0.25, -0.2) is 19.2 Å². The molecule has 5 rings (SSSR count). The van der Waals surface area contributed by atoms with Crippen LogP contribution in [-0.2, 0) is 9.59 Å². The molecule has 0 fully saturated rings. The SMILES string of the molecule is CCCCCCCCCCCOc1ccc(/C=C/C(=O)Oc2ccc(C(=O)Oc3ccc(Cl)c(OC(=O)c4ccc(OC(=O)/C=C/c5ccc(OCCCCCCCCCCC)cc5)cc4)c3)cc2)cc1. The Kier molecular flexibility index (Phi) is 25.1. The number of unbranched alkanes of at least 4 members (excludes halogenated alkanes) is 16. The molecule has 0 saturated heterocycles. The monoisotopic (exact) mass is 984 g/mol. The van der Waals surface area contributed by atoms with Gasteiger partial charge in [0.25, 0.3) is 0 Å². The van der Waals surface area contributed by atoms with Crippen LogP contribution in [0.4, 0.5) is 0 Å².